The van der Waals surface area contributed by atoms with Gasteiger partial charge in [0.05, 0.1) is 6.54 Å². The zero-order valence-electron chi connectivity index (χ0n) is 16.1. The second-order valence-corrected chi connectivity index (χ2v) is 6.71. The summed E-state index contributed by atoms with van der Waals surface area (Å²) in [5, 5.41) is 2.84. The molecular formula is C19H33N3O3. The van der Waals surface area contributed by atoms with E-state index in [0.29, 0.717) is 25.5 Å². The summed E-state index contributed by atoms with van der Waals surface area (Å²) in [4.78, 5) is 30.4. The Balaban J connectivity index is 2.61. The molecule has 6 nitrogen and oxygen atoms in total. The highest BCUT2D eigenvalue weighted by Gasteiger charge is 2.20. The molecule has 0 aliphatic carbocycles. The predicted octanol–water partition coefficient (Wildman–Crippen LogP) is 3.77. The first-order valence-corrected chi connectivity index (χ1v) is 9.50. The summed E-state index contributed by atoms with van der Waals surface area (Å²) in [6.45, 7) is 9.67. The van der Waals surface area contributed by atoms with Crippen molar-refractivity contribution in [1.29, 1.82) is 0 Å². The second kappa shape index (κ2) is 11.7. The van der Waals surface area contributed by atoms with Crippen molar-refractivity contribution in [1.82, 2.24) is 15.2 Å². The van der Waals surface area contributed by atoms with E-state index in [0.717, 1.165) is 38.5 Å². The van der Waals surface area contributed by atoms with Crippen LogP contribution in [-0.2, 0) is 11.3 Å². The quantitative estimate of drug-likeness (QED) is 0.582. The first kappa shape index (κ1) is 21.2. The monoisotopic (exact) mass is 351 g/mol. The Morgan fingerprint density at radius 2 is 1.84 bits per heavy atom. The average molecular weight is 351 g/mol. The summed E-state index contributed by atoms with van der Waals surface area (Å²) in [7, 11) is 0. The normalized spacial score (nSPS) is 10.9. The molecule has 6 heteroatoms. The number of oxazole rings is 1. The fourth-order valence-electron chi connectivity index (χ4n) is 2.50. The molecule has 25 heavy (non-hydrogen) atoms. The number of nitrogens with zero attached hydrogens (tertiary/aromatic N) is 2. The van der Waals surface area contributed by atoms with Crippen molar-refractivity contribution in [3.05, 3.63) is 17.8 Å². The van der Waals surface area contributed by atoms with Crippen LogP contribution in [0.5, 0.6) is 0 Å². The zero-order valence-corrected chi connectivity index (χ0v) is 16.1. The second-order valence-electron chi connectivity index (χ2n) is 6.71. The highest BCUT2D eigenvalue weighted by atomic mass is 16.3. The maximum absolute atomic E-state index is 12.4. The first-order valence-electron chi connectivity index (χ1n) is 9.50. The minimum atomic E-state index is -0.223. The van der Waals surface area contributed by atoms with E-state index in [-0.39, 0.29) is 23.4 Å². The number of hydrogen-bond acceptors (Lipinski definition) is 4. The van der Waals surface area contributed by atoms with Crippen molar-refractivity contribution in [2.24, 2.45) is 5.92 Å². The van der Waals surface area contributed by atoms with Crippen LogP contribution >= 0.6 is 0 Å². The first-order chi connectivity index (χ1) is 12.0. The van der Waals surface area contributed by atoms with E-state index in [1.165, 1.54) is 6.26 Å². The van der Waals surface area contributed by atoms with Crippen LogP contribution in [0.15, 0.2) is 10.7 Å². The van der Waals surface area contributed by atoms with Crippen LogP contribution in [-0.4, -0.2) is 34.8 Å². The Labute approximate surface area is 151 Å². The number of rotatable bonds is 12. The number of hydrogen-bond donors (Lipinski definition) is 1. The van der Waals surface area contributed by atoms with Crippen molar-refractivity contribution < 1.29 is 14.0 Å². The Bertz CT molecular complexity index is 526. The minimum Gasteiger partial charge on any atom is -0.446 e. The lowest BCUT2D eigenvalue weighted by Gasteiger charge is -2.23. The van der Waals surface area contributed by atoms with Gasteiger partial charge in [-0.05, 0) is 12.8 Å². The fraction of sp³-hybridized carbons (Fsp3) is 0.737. The number of nitrogens with one attached hydrogen (secondary N) is 1. The fourth-order valence-corrected chi connectivity index (χ4v) is 2.50. The molecule has 0 aromatic carbocycles. The molecule has 1 aromatic heterocycles. The predicted molar refractivity (Wildman–Crippen MR) is 98.1 cm³/mol. The molecule has 0 aliphatic rings. The molecule has 0 unspecified atom stereocenters. The molecule has 0 radical (unpaired) electrons. The van der Waals surface area contributed by atoms with Gasteiger partial charge in [0.15, 0.2) is 5.69 Å². The molecule has 2 amide bonds. The summed E-state index contributed by atoms with van der Waals surface area (Å²) in [6, 6.07) is 0. The summed E-state index contributed by atoms with van der Waals surface area (Å²) in [5.41, 5.74) is 0.275. The zero-order chi connectivity index (χ0) is 18.7. The van der Waals surface area contributed by atoms with Gasteiger partial charge >= 0.3 is 0 Å². The molecule has 0 atom stereocenters. The molecule has 0 saturated heterocycles. The molecule has 0 spiro atoms. The van der Waals surface area contributed by atoms with Crippen LogP contribution in [0, 0.1) is 5.92 Å². The molecular weight excluding hydrogens is 318 g/mol. The standard InChI is InChI=1S/C19H33N3O3/c1-5-7-9-11-20-18(23)16-14-25-17(21-16)13-22(12-10-8-6-2)19(24)15(3)4/h14-15H,5-13H2,1-4H3,(H,20,23). The van der Waals surface area contributed by atoms with E-state index in [1.807, 2.05) is 13.8 Å². The van der Waals surface area contributed by atoms with E-state index in [2.05, 4.69) is 24.1 Å². The van der Waals surface area contributed by atoms with E-state index in [9.17, 15) is 9.59 Å². The lowest BCUT2D eigenvalue weighted by molar-refractivity contribution is -0.135. The minimum absolute atomic E-state index is 0.0714. The highest BCUT2D eigenvalue weighted by Crippen LogP contribution is 2.11. The highest BCUT2D eigenvalue weighted by molar-refractivity contribution is 5.91. The molecule has 142 valence electrons. The number of carbonyl (C=O) groups excluding carboxylic acids is 2. The lowest BCUT2D eigenvalue weighted by Crippen LogP contribution is -2.34. The van der Waals surface area contributed by atoms with Crippen molar-refractivity contribution in [2.75, 3.05) is 13.1 Å². The largest absolute Gasteiger partial charge is 0.446 e. The molecule has 0 saturated carbocycles. The van der Waals surface area contributed by atoms with Crippen LogP contribution < -0.4 is 5.32 Å². The SMILES string of the molecule is CCCCCNC(=O)c1coc(CN(CCCCC)C(=O)C(C)C)n1. The van der Waals surface area contributed by atoms with Gasteiger partial charge in [-0.2, -0.15) is 0 Å². The Kier molecular flexibility index (Phi) is 9.88. The smallest absolute Gasteiger partial charge is 0.273 e. The van der Waals surface area contributed by atoms with Gasteiger partial charge in [0.1, 0.15) is 6.26 Å². The van der Waals surface area contributed by atoms with Gasteiger partial charge in [0.2, 0.25) is 11.8 Å². The third-order valence-electron chi connectivity index (χ3n) is 4.01. The molecule has 0 bridgehead atoms. The molecule has 0 aliphatic heterocycles. The summed E-state index contributed by atoms with van der Waals surface area (Å²) in [5.74, 6) is 0.195. The molecule has 1 aromatic rings. The van der Waals surface area contributed by atoms with Crippen LogP contribution in [0.25, 0.3) is 0 Å². The third-order valence-corrected chi connectivity index (χ3v) is 4.01. The van der Waals surface area contributed by atoms with E-state index in [1.54, 1.807) is 4.90 Å². The summed E-state index contributed by atoms with van der Waals surface area (Å²) < 4.78 is 5.41. The topological polar surface area (TPSA) is 75.4 Å². The molecule has 1 N–H and O–H groups in total. The number of amides is 2. The van der Waals surface area contributed by atoms with Gasteiger partial charge in [0.25, 0.3) is 5.91 Å². The van der Waals surface area contributed by atoms with Crippen molar-refractivity contribution in [2.45, 2.75) is 72.8 Å². The number of aromatic nitrogens is 1. The van der Waals surface area contributed by atoms with Crippen molar-refractivity contribution >= 4 is 11.8 Å². The van der Waals surface area contributed by atoms with E-state index >= 15 is 0 Å². The molecule has 1 rings (SSSR count). The maximum Gasteiger partial charge on any atom is 0.273 e. The molecule has 1 heterocycles. The van der Waals surface area contributed by atoms with Crippen molar-refractivity contribution in [3.63, 3.8) is 0 Å². The third kappa shape index (κ3) is 7.71. The number of unbranched alkanes of at least 4 members (excludes halogenated alkanes) is 4. The van der Waals surface area contributed by atoms with Gasteiger partial charge in [-0.25, -0.2) is 4.98 Å². The average Bonchev–Trinajstić information content (AvgIpc) is 3.05. The summed E-state index contributed by atoms with van der Waals surface area (Å²) in [6.07, 6.45) is 7.68. The van der Waals surface area contributed by atoms with Gasteiger partial charge in [0, 0.05) is 19.0 Å². The van der Waals surface area contributed by atoms with Crippen LogP contribution in [0.1, 0.15) is 82.6 Å². The Morgan fingerprint density at radius 3 is 2.48 bits per heavy atom. The van der Waals surface area contributed by atoms with E-state index < -0.39 is 0 Å². The summed E-state index contributed by atoms with van der Waals surface area (Å²) >= 11 is 0. The van der Waals surface area contributed by atoms with Gasteiger partial charge in [-0.15, -0.1) is 0 Å². The van der Waals surface area contributed by atoms with Gasteiger partial charge in [-0.1, -0.05) is 53.4 Å². The van der Waals surface area contributed by atoms with Crippen molar-refractivity contribution in [3.8, 4) is 0 Å². The Hall–Kier alpha value is -1.85. The van der Waals surface area contributed by atoms with E-state index in [4.69, 9.17) is 4.42 Å². The van der Waals surface area contributed by atoms with Crippen LogP contribution in [0.3, 0.4) is 0 Å². The lowest BCUT2D eigenvalue weighted by atomic mass is 10.1. The van der Waals surface area contributed by atoms with Crippen LogP contribution in [0.4, 0.5) is 0 Å². The number of carbonyl (C=O) groups is 2. The maximum atomic E-state index is 12.4. The molecule has 0 fully saturated rings. The Morgan fingerprint density at radius 1 is 1.16 bits per heavy atom. The van der Waals surface area contributed by atoms with Gasteiger partial charge in [-0.3, -0.25) is 9.59 Å². The van der Waals surface area contributed by atoms with Gasteiger partial charge < -0.3 is 14.6 Å². The van der Waals surface area contributed by atoms with Crippen LogP contribution in [0.2, 0.25) is 0 Å².